The van der Waals surface area contributed by atoms with E-state index in [0.29, 0.717) is 12.5 Å². The maximum atomic E-state index is 12.1. The van der Waals surface area contributed by atoms with Gasteiger partial charge in [-0.2, -0.15) is 0 Å². The maximum Gasteiger partial charge on any atom is 0.238 e. The zero-order valence-corrected chi connectivity index (χ0v) is 13.2. The van der Waals surface area contributed by atoms with Gasteiger partial charge in [0.25, 0.3) is 0 Å². The van der Waals surface area contributed by atoms with Crippen molar-refractivity contribution in [3.05, 3.63) is 28.2 Å². The molecule has 1 atom stereocenters. The summed E-state index contributed by atoms with van der Waals surface area (Å²) < 4.78 is 1.04. The predicted octanol–water partition coefficient (Wildman–Crippen LogP) is 3.43. The Morgan fingerprint density at radius 3 is 3.00 bits per heavy atom. The molecule has 1 aliphatic rings. The summed E-state index contributed by atoms with van der Waals surface area (Å²) in [5.74, 6) is 0.787. The minimum atomic E-state index is 0.0829. The quantitative estimate of drug-likeness (QED) is 0.923. The van der Waals surface area contributed by atoms with Gasteiger partial charge in [-0.3, -0.25) is 9.69 Å². The summed E-state index contributed by atoms with van der Waals surface area (Å²) in [6.07, 6.45) is 2.48. The highest BCUT2D eigenvalue weighted by molar-refractivity contribution is 9.10. The molecule has 1 aromatic rings. The lowest BCUT2D eigenvalue weighted by atomic mass is 10.0. The lowest BCUT2D eigenvalue weighted by Gasteiger charge is -2.30. The van der Waals surface area contributed by atoms with Gasteiger partial charge in [0.1, 0.15) is 0 Å². The number of carbonyl (C=O) groups excluding carboxylic acids is 1. The van der Waals surface area contributed by atoms with Gasteiger partial charge in [0, 0.05) is 16.7 Å². The van der Waals surface area contributed by atoms with Gasteiger partial charge in [-0.1, -0.05) is 22.9 Å². The molecule has 0 radical (unpaired) electrons. The fourth-order valence-corrected chi connectivity index (χ4v) is 3.07. The highest BCUT2D eigenvalue weighted by atomic mass is 79.9. The number of nitrogens with zero attached hydrogens (tertiary/aromatic N) is 1. The Kier molecular flexibility index (Phi) is 4.99. The molecule has 1 fully saturated rings. The van der Waals surface area contributed by atoms with E-state index in [-0.39, 0.29) is 5.91 Å². The van der Waals surface area contributed by atoms with Crippen LogP contribution in [0.3, 0.4) is 0 Å². The van der Waals surface area contributed by atoms with Crippen molar-refractivity contribution in [2.45, 2.75) is 26.7 Å². The first-order valence-electron chi connectivity index (χ1n) is 6.83. The Morgan fingerprint density at radius 1 is 1.53 bits per heavy atom. The molecule has 0 bridgehead atoms. The fourth-order valence-electron chi connectivity index (χ4n) is 2.59. The van der Waals surface area contributed by atoms with E-state index < -0.39 is 0 Å². The summed E-state index contributed by atoms with van der Waals surface area (Å²) >= 11 is 3.43. The molecule has 1 heterocycles. The smallest absolute Gasteiger partial charge is 0.238 e. The van der Waals surface area contributed by atoms with Crippen molar-refractivity contribution in [3.8, 4) is 0 Å². The fraction of sp³-hybridized carbons (Fsp3) is 0.533. The van der Waals surface area contributed by atoms with E-state index in [4.69, 9.17) is 0 Å². The number of halogens is 1. The molecule has 0 spiro atoms. The second-order valence-electron chi connectivity index (χ2n) is 5.49. The zero-order chi connectivity index (χ0) is 13.8. The van der Waals surface area contributed by atoms with Crippen LogP contribution in [0.4, 0.5) is 5.69 Å². The van der Waals surface area contributed by atoms with Crippen LogP contribution in [0.1, 0.15) is 25.3 Å². The van der Waals surface area contributed by atoms with Crippen LogP contribution in [0.2, 0.25) is 0 Å². The lowest BCUT2D eigenvalue weighted by molar-refractivity contribution is -0.117. The van der Waals surface area contributed by atoms with Crippen molar-refractivity contribution >= 4 is 27.5 Å². The van der Waals surface area contributed by atoms with E-state index >= 15 is 0 Å². The number of aryl methyl sites for hydroxylation is 1. The number of benzene rings is 1. The average molecular weight is 325 g/mol. The van der Waals surface area contributed by atoms with E-state index in [9.17, 15) is 4.79 Å². The first-order valence-corrected chi connectivity index (χ1v) is 7.62. The molecule has 1 saturated heterocycles. The van der Waals surface area contributed by atoms with Gasteiger partial charge in [-0.05, 0) is 56.0 Å². The minimum absolute atomic E-state index is 0.0829. The van der Waals surface area contributed by atoms with E-state index in [2.05, 4.69) is 33.1 Å². The summed E-state index contributed by atoms with van der Waals surface area (Å²) in [6, 6.07) is 5.90. The predicted molar refractivity (Wildman–Crippen MR) is 82.3 cm³/mol. The van der Waals surface area contributed by atoms with Crippen LogP contribution in [0.15, 0.2) is 22.7 Å². The molecule has 1 N–H and O–H groups in total. The molecule has 1 aliphatic heterocycles. The highest BCUT2D eigenvalue weighted by Crippen LogP contribution is 2.20. The number of hydrogen-bond acceptors (Lipinski definition) is 2. The van der Waals surface area contributed by atoms with Gasteiger partial charge in [0.15, 0.2) is 0 Å². The molecule has 0 aliphatic carbocycles. The second-order valence-corrected chi connectivity index (χ2v) is 6.41. The van der Waals surface area contributed by atoms with Crippen LogP contribution in [-0.4, -0.2) is 30.4 Å². The van der Waals surface area contributed by atoms with Crippen LogP contribution in [0.5, 0.6) is 0 Å². The molecule has 3 nitrogen and oxygen atoms in total. The van der Waals surface area contributed by atoms with Crippen LogP contribution >= 0.6 is 15.9 Å². The van der Waals surface area contributed by atoms with Crippen LogP contribution in [0, 0.1) is 12.8 Å². The van der Waals surface area contributed by atoms with Crippen molar-refractivity contribution in [3.63, 3.8) is 0 Å². The first kappa shape index (κ1) is 14.5. The van der Waals surface area contributed by atoms with Crippen LogP contribution < -0.4 is 5.32 Å². The van der Waals surface area contributed by atoms with Crippen molar-refractivity contribution in [1.82, 2.24) is 4.90 Å². The molecule has 0 unspecified atom stereocenters. The number of nitrogens with one attached hydrogen (secondary N) is 1. The van der Waals surface area contributed by atoms with Gasteiger partial charge in [-0.15, -0.1) is 0 Å². The van der Waals surface area contributed by atoms with E-state index in [1.165, 1.54) is 12.8 Å². The van der Waals surface area contributed by atoms with Gasteiger partial charge in [-0.25, -0.2) is 0 Å². The van der Waals surface area contributed by atoms with Crippen molar-refractivity contribution < 1.29 is 4.79 Å². The van der Waals surface area contributed by atoms with E-state index in [0.717, 1.165) is 28.8 Å². The third-order valence-electron chi connectivity index (χ3n) is 3.57. The summed E-state index contributed by atoms with van der Waals surface area (Å²) in [5, 5.41) is 3.00. The number of likely N-dealkylation sites (tertiary alicyclic amines) is 1. The SMILES string of the molecule is Cc1cc(Br)ccc1NC(=O)CN1CCC[C@H](C)C1. The molecule has 1 amide bonds. The Hall–Kier alpha value is -0.870. The maximum absolute atomic E-state index is 12.1. The lowest BCUT2D eigenvalue weighted by Crippen LogP contribution is -2.39. The topological polar surface area (TPSA) is 32.3 Å². The minimum Gasteiger partial charge on any atom is -0.325 e. The zero-order valence-electron chi connectivity index (χ0n) is 11.6. The van der Waals surface area contributed by atoms with E-state index in [1.807, 2.05) is 25.1 Å². The number of rotatable bonds is 3. The molecular formula is C15H21BrN2O. The molecule has 2 rings (SSSR count). The van der Waals surface area contributed by atoms with E-state index in [1.54, 1.807) is 0 Å². The Balaban J connectivity index is 1.90. The third-order valence-corrected chi connectivity index (χ3v) is 4.06. The number of piperidine rings is 1. The van der Waals surface area contributed by atoms with Crippen molar-refractivity contribution in [2.75, 3.05) is 25.0 Å². The summed E-state index contributed by atoms with van der Waals surface area (Å²) in [6.45, 7) is 6.83. The van der Waals surface area contributed by atoms with Gasteiger partial charge >= 0.3 is 0 Å². The number of anilines is 1. The standard InChI is InChI=1S/C15H21BrN2O/c1-11-4-3-7-18(9-11)10-15(19)17-14-6-5-13(16)8-12(14)2/h5-6,8,11H,3-4,7,9-10H2,1-2H3,(H,17,19)/t11-/m0/s1. The van der Waals surface area contributed by atoms with Crippen LogP contribution in [-0.2, 0) is 4.79 Å². The summed E-state index contributed by atoms with van der Waals surface area (Å²) in [7, 11) is 0. The molecule has 0 saturated carbocycles. The number of hydrogen-bond donors (Lipinski definition) is 1. The summed E-state index contributed by atoms with van der Waals surface area (Å²) in [5.41, 5.74) is 1.98. The third kappa shape index (κ3) is 4.32. The molecule has 0 aromatic heterocycles. The Labute approximate surface area is 123 Å². The number of amides is 1. The van der Waals surface area contributed by atoms with Gasteiger partial charge < -0.3 is 5.32 Å². The largest absolute Gasteiger partial charge is 0.325 e. The molecule has 104 valence electrons. The monoisotopic (exact) mass is 324 g/mol. The Bertz CT molecular complexity index is 461. The average Bonchev–Trinajstić information content (AvgIpc) is 2.33. The van der Waals surface area contributed by atoms with Gasteiger partial charge in [0.2, 0.25) is 5.91 Å². The highest BCUT2D eigenvalue weighted by Gasteiger charge is 2.18. The van der Waals surface area contributed by atoms with Crippen molar-refractivity contribution in [2.24, 2.45) is 5.92 Å². The molecule has 1 aromatic carbocycles. The number of carbonyl (C=O) groups is 1. The first-order chi connectivity index (χ1) is 9.04. The van der Waals surface area contributed by atoms with Crippen LogP contribution in [0.25, 0.3) is 0 Å². The molecular weight excluding hydrogens is 304 g/mol. The Morgan fingerprint density at radius 2 is 2.32 bits per heavy atom. The molecule has 19 heavy (non-hydrogen) atoms. The second kappa shape index (κ2) is 6.53. The van der Waals surface area contributed by atoms with Crippen molar-refractivity contribution in [1.29, 1.82) is 0 Å². The normalized spacial score (nSPS) is 20.3. The van der Waals surface area contributed by atoms with Gasteiger partial charge in [0.05, 0.1) is 6.54 Å². The molecule has 4 heteroatoms. The summed E-state index contributed by atoms with van der Waals surface area (Å²) in [4.78, 5) is 14.3.